The predicted octanol–water partition coefficient (Wildman–Crippen LogP) is 2.17. The number of anilines is 2. The Bertz CT molecular complexity index is 1210. The highest BCUT2D eigenvalue weighted by Gasteiger charge is 2.22. The summed E-state index contributed by atoms with van der Waals surface area (Å²) in [7, 11) is 0. The Morgan fingerprint density at radius 3 is 2.63 bits per heavy atom. The molecule has 9 heteroatoms. The average Bonchev–Trinajstić information content (AvgIpc) is 3.10. The van der Waals surface area contributed by atoms with Crippen LogP contribution in [0.2, 0.25) is 0 Å². The molecule has 148 valence electrons. The molecule has 0 spiro atoms. The Hall–Kier alpha value is -4.06. The van der Waals surface area contributed by atoms with E-state index < -0.39 is 0 Å². The van der Waals surface area contributed by atoms with Crippen molar-refractivity contribution in [2.45, 2.75) is 6.42 Å². The molecule has 0 amide bonds. The van der Waals surface area contributed by atoms with Crippen LogP contribution in [-0.4, -0.2) is 55.7 Å². The Labute approximate surface area is 173 Å². The van der Waals surface area contributed by atoms with Crippen LogP contribution in [0.4, 0.5) is 11.5 Å². The minimum atomic E-state index is 0.640. The number of aromatic nitrogens is 6. The van der Waals surface area contributed by atoms with E-state index in [-0.39, 0.29) is 0 Å². The van der Waals surface area contributed by atoms with Gasteiger partial charge >= 0.3 is 0 Å². The van der Waals surface area contributed by atoms with E-state index in [1.165, 1.54) is 0 Å². The highest BCUT2D eigenvalue weighted by atomic mass is 15.3. The van der Waals surface area contributed by atoms with Crippen LogP contribution in [0.15, 0.2) is 55.2 Å². The van der Waals surface area contributed by atoms with E-state index in [0.717, 1.165) is 44.1 Å². The maximum atomic E-state index is 9.44. The number of para-hydroxylation sites is 1. The van der Waals surface area contributed by atoms with Gasteiger partial charge in [0.25, 0.3) is 0 Å². The smallest absolute Gasteiger partial charge is 0.204 e. The Kier molecular flexibility index (Phi) is 4.65. The minimum Gasteiger partial charge on any atom is -0.369 e. The van der Waals surface area contributed by atoms with Crippen molar-refractivity contribution in [3.63, 3.8) is 0 Å². The summed E-state index contributed by atoms with van der Waals surface area (Å²) in [5.74, 6) is 1.44. The summed E-state index contributed by atoms with van der Waals surface area (Å²) in [4.78, 5) is 17.6. The summed E-state index contributed by atoms with van der Waals surface area (Å²) in [6.45, 7) is 3.31. The zero-order valence-corrected chi connectivity index (χ0v) is 16.3. The molecular formula is C21H19N9. The average molecular weight is 397 g/mol. The summed E-state index contributed by atoms with van der Waals surface area (Å²) in [6, 6.07) is 10.1. The molecule has 4 heterocycles. The maximum Gasteiger partial charge on any atom is 0.204 e. The van der Waals surface area contributed by atoms with Crippen molar-refractivity contribution >= 4 is 17.2 Å². The van der Waals surface area contributed by atoms with Crippen molar-refractivity contribution in [1.29, 1.82) is 5.26 Å². The third kappa shape index (κ3) is 3.18. The normalized spacial score (nSPS) is 14.5. The van der Waals surface area contributed by atoms with Crippen LogP contribution >= 0.6 is 0 Å². The van der Waals surface area contributed by atoms with Crippen molar-refractivity contribution in [2.75, 3.05) is 36.0 Å². The van der Waals surface area contributed by atoms with E-state index in [9.17, 15) is 5.26 Å². The van der Waals surface area contributed by atoms with Crippen LogP contribution in [0.5, 0.6) is 0 Å². The predicted molar refractivity (Wildman–Crippen MR) is 112 cm³/mol. The second kappa shape index (κ2) is 7.75. The van der Waals surface area contributed by atoms with Gasteiger partial charge in [0.2, 0.25) is 5.65 Å². The van der Waals surface area contributed by atoms with E-state index in [2.05, 4.69) is 41.0 Å². The van der Waals surface area contributed by atoms with Crippen LogP contribution < -0.4 is 9.80 Å². The first-order valence-corrected chi connectivity index (χ1v) is 9.80. The lowest BCUT2D eigenvalue weighted by Crippen LogP contribution is -2.31. The number of hydrogen-bond acceptors (Lipinski definition) is 8. The molecule has 1 saturated heterocycles. The highest BCUT2D eigenvalue weighted by molar-refractivity contribution is 5.68. The number of rotatable bonds is 3. The largest absolute Gasteiger partial charge is 0.369 e. The molecule has 30 heavy (non-hydrogen) atoms. The van der Waals surface area contributed by atoms with E-state index in [0.29, 0.717) is 22.7 Å². The molecule has 1 fully saturated rings. The lowest BCUT2D eigenvalue weighted by Gasteiger charge is -2.24. The van der Waals surface area contributed by atoms with Gasteiger partial charge in [-0.3, -0.25) is 9.38 Å². The molecular weight excluding hydrogens is 378 g/mol. The van der Waals surface area contributed by atoms with Crippen molar-refractivity contribution in [2.24, 2.45) is 0 Å². The van der Waals surface area contributed by atoms with Crippen LogP contribution in [0.1, 0.15) is 12.0 Å². The van der Waals surface area contributed by atoms with Gasteiger partial charge in [-0.05, 0) is 18.6 Å². The van der Waals surface area contributed by atoms with Gasteiger partial charge in [-0.15, -0.1) is 10.2 Å². The number of nitrogens with zero attached hydrogens (tertiary/aromatic N) is 9. The molecule has 0 aliphatic carbocycles. The Morgan fingerprint density at radius 2 is 1.77 bits per heavy atom. The molecule has 0 unspecified atom stereocenters. The van der Waals surface area contributed by atoms with Gasteiger partial charge in [-0.2, -0.15) is 5.26 Å². The highest BCUT2D eigenvalue weighted by Crippen LogP contribution is 2.25. The van der Waals surface area contributed by atoms with Gasteiger partial charge in [-0.1, -0.05) is 12.1 Å². The fraction of sp³-hybridized carbons (Fsp3) is 0.238. The van der Waals surface area contributed by atoms with Crippen LogP contribution in [0, 0.1) is 11.3 Å². The molecule has 3 aromatic heterocycles. The van der Waals surface area contributed by atoms with Crippen LogP contribution in [0.3, 0.4) is 0 Å². The maximum absolute atomic E-state index is 9.44. The SMILES string of the molecule is N#Cc1ccccc1N1CCCN(c2nccn3c(-c4cnccn4)nnc23)CC1. The van der Waals surface area contributed by atoms with Crippen LogP contribution in [-0.2, 0) is 0 Å². The summed E-state index contributed by atoms with van der Waals surface area (Å²) in [5.41, 5.74) is 3.05. The third-order valence-corrected chi connectivity index (χ3v) is 5.26. The number of nitriles is 1. The first-order chi connectivity index (χ1) is 14.8. The summed E-state index contributed by atoms with van der Waals surface area (Å²) in [5, 5.41) is 18.2. The lowest BCUT2D eigenvalue weighted by atomic mass is 10.1. The van der Waals surface area contributed by atoms with E-state index in [1.54, 1.807) is 24.8 Å². The summed E-state index contributed by atoms with van der Waals surface area (Å²) >= 11 is 0. The molecule has 0 atom stereocenters. The van der Waals surface area contributed by atoms with Gasteiger partial charge in [0.15, 0.2) is 11.6 Å². The second-order valence-electron chi connectivity index (χ2n) is 7.02. The zero-order chi connectivity index (χ0) is 20.3. The van der Waals surface area contributed by atoms with Crippen molar-refractivity contribution < 1.29 is 0 Å². The van der Waals surface area contributed by atoms with E-state index in [4.69, 9.17) is 0 Å². The zero-order valence-electron chi connectivity index (χ0n) is 16.3. The number of hydrogen-bond donors (Lipinski definition) is 0. The summed E-state index contributed by atoms with van der Waals surface area (Å²) < 4.78 is 1.90. The van der Waals surface area contributed by atoms with Gasteiger partial charge in [-0.25, -0.2) is 9.97 Å². The first-order valence-electron chi connectivity index (χ1n) is 9.80. The van der Waals surface area contributed by atoms with Crippen molar-refractivity contribution in [1.82, 2.24) is 29.5 Å². The molecule has 5 rings (SSSR count). The monoisotopic (exact) mass is 397 g/mol. The Balaban J connectivity index is 1.44. The molecule has 0 radical (unpaired) electrons. The minimum absolute atomic E-state index is 0.640. The molecule has 9 nitrogen and oxygen atoms in total. The van der Waals surface area contributed by atoms with Crippen LogP contribution in [0.25, 0.3) is 17.2 Å². The molecule has 4 aromatic rings. The lowest BCUT2D eigenvalue weighted by molar-refractivity contribution is 0.796. The molecule has 1 aromatic carbocycles. The number of fused-ring (bicyclic) bond motifs is 1. The second-order valence-corrected chi connectivity index (χ2v) is 7.02. The van der Waals surface area contributed by atoms with E-state index >= 15 is 0 Å². The molecule has 0 saturated carbocycles. The van der Waals surface area contributed by atoms with E-state index in [1.807, 2.05) is 34.9 Å². The topological polar surface area (TPSA) is 99.1 Å². The Morgan fingerprint density at radius 1 is 0.900 bits per heavy atom. The van der Waals surface area contributed by atoms with Gasteiger partial charge < -0.3 is 9.80 Å². The molecule has 0 bridgehead atoms. The fourth-order valence-electron chi connectivity index (χ4n) is 3.84. The van der Waals surface area contributed by atoms with Crippen molar-refractivity contribution in [3.05, 3.63) is 60.8 Å². The number of benzene rings is 1. The third-order valence-electron chi connectivity index (χ3n) is 5.26. The molecule has 0 N–H and O–H groups in total. The standard InChI is InChI=1S/C21H19N9/c22-14-16-4-1-2-5-18(16)28-9-3-10-29(13-12-28)20-21-27-26-19(30(21)11-8-25-20)17-15-23-6-7-24-17/h1-2,4-8,11,15H,3,9-10,12-13H2. The van der Waals surface area contributed by atoms with Gasteiger partial charge in [0.05, 0.1) is 17.4 Å². The quantitative estimate of drug-likeness (QED) is 0.519. The fourth-order valence-corrected chi connectivity index (χ4v) is 3.84. The first kappa shape index (κ1) is 18.0. The van der Waals surface area contributed by atoms with Gasteiger partial charge in [0, 0.05) is 51.0 Å². The van der Waals surface area contributed by atoms with Gasteiger partial charge in [0.1, 0.15) is 11.8 Å². The summed E-state index contributed by atoms with van der Waals surface area (Å²) in [6.07, 6.45) is 9.50. The van der Waals surface area contributed by atoms with Crippen molar-refractivity contribution in [3.8, 4) is 17.6 Å². The molecule has 1 aliphatic heterocycles. The molecule has 1 aliphatic rings.